The van der Waals surface area contributed by atoms with Gasteiger partial charge in [-0.15, -0.1) is 11.3 Å². The summed E-state index contributed by atoms with van der Waals surface area (Å²) in [6.07, 6.45) is 1.62. The highest BCUT2D eigenvalue weighted by Gasteiger charge is 2.11. The van der Waals surface area contributed by atoms with Gasteiger partial charge in [-0.1, -0.05) is 17.7 Å². The number of nitrogens with zero attached hydrogens (tertiary/aromatic N) is 1. The standard InChI is InChI=1S/C17H16N2OS/c1-11-4-7-16(12(2)8-11)19-17(20)14(10-18)9-15-6-5-13(3)21-15/h4-9H,1-3H3,(H,19,20)/b14-9+. The second-order valence-corrected chi connectivity index (χ2v) is 6.21. The molecule has 1 aromatic carbocycles. The van der Waals surface area contributed by atoms with Crippen LogP contribution in [0.5, 0.6) is 0 Å². The van der Waals surface area contributed by atoms with Crippen molar-refractivity contribution in [3.8, 4) is 6.07 Å². The number of benzene rings is 1. The second-order valence-electron chi connectivity index (χ2n) is 4.89. The predicted molar refractivity (Wildman–Crippen MR) is 87.2 cm³/mol. The SMILES string of the molecule is Cc1ccc(NC(=O)/C(C#N)=C/c2ccc(C)s2)c(C)c1. The molecule has 0 bridgehead atoms. The van der Waals surface area contributed by atoms with Crippen LogP contribution in [0, 0.1) is 32.1 Å². The third-order valence-corrected chi connectivity index (χ3v) is 3.99. The summed E-state index contributed by atoms with van der Waals surface area (Å²) in [5, 5.41) is 12.0. The van der Waals surface area contributed by atoms with E-state index >= 15 is 0 Å². The number of carbonyl (C=O) groups excluding carboxylic acids is 1. The summed E-state index contributed by atoms with van der Waals surface area (Å²) < 4.78 is 0. The summed E-state index contributed by atoms with van der Waals surface area (Å²) in [4.78, 5) is 14.2. The molecule has 1 heterocycles. The monoisotopic (exact) mass is 296 g/mol. The van der Waals surface area contributed by atoms with Gasteiger partial charge >= 0.3 is 0 Å². The van der Waals surface area contributed by atoms with E-state index in [9.17, 15) is 10.1 Å². The van der Waals surface area contributed by atoms with E-state index in [1.165, 1.54) is 0 Å². The summed E-state index contributed by atoms with van der Waals surface area (Å²) in [5.74, 6) is -0.379. The molecule has 0 aliphatic rings. The van der Waals surface area contributed by atoms with E-state index < -0.39 is 0 Å². The Morgan fingerprint density at radius 1 is 1.24 bits per heavy atom. The number of rotatable bonds is 3. The van der Waals surface area contributed by atoms with Crippen molar-refractivity contribution in [1.29, 1.82) is 5.26 Å². The zero-order valence-corrected chi connectivity index (χ0v) is 13.0. The molecule has 0 aliphatic carbocycles. The molecule has 0 fully saturated rings. The van der Waals surface area contributed by atoms with Crippen molar-refractivity contribution in [1.82, 2.24) is 0 Å². The summed E-state index contributed by atoms with van der Waals surface area (Å²) in [5.41, 5.74) is 2.95. The average Bonchev–Trinajstić information content (AvgIpc) is 2.84. The van der Waals surface area contributed by atoms with Crippen LogP contribution in [-0.4, -0.2) is 5.91 Å². The first-order valence-corrected chi connectivity index (χ1v) is 7.38. The third-order valence-electron chi connectivity index (χ3n) is 3.04. The van der Waals surface area contributed by atoms with Gasteiger partial charge in [-0.2, -0.15) is 5.26 Å². The summed E-state index contributed by atoms with van der Waals surface area (Å²) >= 11 is 1.55. The van der Waals surface area contributed by atoms with E-state index in [-0.39, 0.29) is 11.5 Å². The molecule has 2 rings (SSSR count). The number of thiophene rings is 1. The average molecular weight is 296 g/mol. The number of nitrogens with one attached hydrogen (secondary N) is 1. The molecular formula is C17H16N2OS. The second kappa shape index (κ2) is 6.38. The van der Waals surface area contributed by atoms with Crippen molar-refractivity contribution in [3.63, 3.8) is 0 Å². The van der Waals surface area contributed by atoms with Crippen molar-refractivity contribution >= 4 is 29.0 Å². The van der Waals surface area contributed by atoms with Crippen molar-refractivity contribution < 1.29 is 4.79 Å². The minimum Gasteiger partial charge on any atom is -0.321 e. The molecule has 0 unspecified atom stereocenters. The maximum absolute atomic E-state index is 12.2. The van der Waals surface area contributed by atoms with Crippen molar-refractivity contribution in [2.24, 2.45) is 0 Å². The van der Waals surface area contributed by atoms with E-state index in [4.69, 9.17) is 0 Å². The number of hydrogen-bond donors (Lipinski definition) is 1. The molecule has 0 radical (unpaired) electrons. The van der Waals surface area contributed by atoms with Crippen LogP contribution in [0.25, 0.3) is 6.08 Å². The fourth-order valence-corrected chi connectivity index (χ4v) is 2.79. The number of anilines is 1. The van der Waals surface area contributed by atoms with Gasteiger partial charge in [0.25, 0.3) is 5.91 Å². The Kier molecular flexibility index (Phi) is 4.56. The summed E-state index contributed by atoms with van der Waals surface area (Å²) in [6, 6.07) is 11.6. The van der Waals surface area contributed by atoms with Gasteiger partial charge in [0.05, 0.1) is 0 Å². The Balaban J connectivity index is 2.21. The zero-order valence-electron chi connectivity index (χ0n) is 12.2. The van der Waals surface area contributed by atoms with Gasteiger partial charge < -0.3 is 5.32 Å². The summed E-state index contributed by atoms with van der Waals surface area (Å²) in [7, 11) is 0. The lowest BCUT2D eigenvalue weighted by Gasteiger charge is -2.08. The van der Waals surface area contributed by atoms with Gasteiger partial charge in [0.1, 0.15) is 11.6 Å². The molecule has 0 saturated carbocycles. The van der Waals surface area contributed by atoms with Gasteiger partial charge in [0, 0.05) is 15.4 Å². The maximum Gasteiger partial charge on any atom is 0.266 e. The number of aryl methyl sites for hydroxylation is 3. The van der Waals surface area contributed by atoms with Gasteiger partial charge in [0.2, 0.25) is 0 Å². The fourth-order valence-electron chi connectivity index (χ4n) is 1.97. The molecule has 0 aliphatic heterocycles. The summed E-state index contributed by atoms with van der Waals surface area (Å²) in [6.45, 7) is 5.92. The largest absolute Gasteiger partial charge is 0.321 e. The van der Waals surface area contributed by atoms with Crippen LogP contribution in [-0.2, 0) is 4.79 Å². The first-order valence-electron chi connectivity index (χ1n) is 6.56. The van der Waals surface area contributed by atoms with E-state index in [2.05, 4.69) is 5.32 Å². The van der Waals surface area contributed by atoms with Crippen LogP contribution < -0.4 is 5.32 Å². The van der Waals surface area contributed by atoms with E-state index in [1.54, 1.807) is 17.4 Å². The first-order chi connectivity index (χ1) is 9.99. The van der Waals surface area contributed by atoms with Gasteiger partial charge in [-0.05, 0) is 50.6 Å². The van der Waals surface area contributed by atoms with Gasteiger partial charge in [-0.25, -0.2) is 0 Å². The normalized spacial score (nSPS) is 11.0. The first kappa shape index (κ1) is 15.0. The Labute approximate surface area is 128 Å². The molecule has 1 amide bonds. The lowest BCUT2D eigenvalue weighted by atomic mass is 10.1. The molecule has 4 heteroatoms. The highest BCUT2D eigenvalue weighted by molar-refractivity contribution is 7.12. The van der Waals surface area contributed by atoms with E-state index in [1.807, 2.05) is 57.2 Å². The Hall–Kier alpha value is -2.38. The predicted octanol–water partition coefficient (Wildman–Crippen LogP) is 4.22. The number of nitriles is 1. The minimum absolute atomic E-state index is 0.108. The number of carbonyl (C=O) groups is 1. The smallest absolute Gasteiger partial charge is 0.266 e. The molecule has 106 valence electrons. The fraction of sp³-hybridized carbons (Fsp3) is 0.176. The van der Waals surface area contributed by atoms with Crippen LogP contribution in [0.2, 0.25) is 0 Å². The van der Waals surface area contributed by atoms with E-state index in [0.717, 1.165) is 26.6 Å². The highest BCUT2D eigenvalue weighted by Crippen LogP contribution is 2.20. The van der Waals surface area contributed by atoms with Gasteiger partial charge in [0.15, 0.2) is 0 Å². The molecular weight excluding hydrogens is 280 g/mol. The minimum atomic E-state index is -0.379. The molecule has 0 saturated heterocycles. The van der Waals surface area contributed by atoms with Crippen LogP contribution in [0.1, 0.15) is 20.9 Å². The molecule has 0 spiro atoms. The molecule has 1 aromatic heterocycles. The van der Waals surface area contributed by atoms with Crippen molar-refractivity contribution in [2.45, 2.75) is 20.8 Å². The van der Waals surface area contributed by atoms with Gasteiger partial charge in [-0.3, -0.25) is 4.79 Å². The van der Waals surface area contributed by atoms with Crippen LogP contribution >= 0.6 is 11.3 Å². The molecule has 0 atom stereocenters. The van der Waals surface area contributed by atoms with E-state index in [0.29, 0.717) is 0 Å². The quantitative estimate of drug-likeness (QED) is 0.681. The number of hydrogen-bond acceptors (Lipinski definition) is 3. The Morgan fingerprint density at radius 3 is 2.57 bits per heavy atom. The van der Waals surface area contributed by atoms with Crippen LogP contribution in [0.15, 0.2) is 35.9 Å². The molecule has 3 nitrogen and oxygen atoms in total. The van der Waals surface area contributed by atoms with Crippen molar-refractivity contribution in [3.05, 3.63) is 56.8 Å². The highest BCUT2D eigenvalue weighted by atomic mass is 32.1. The molecule has 2 aromatic rings. The lowest BCUT2D eigenvalue weighted by molar-refractivity contribution is -0.112. The van der Waals surface area contributed by atoms with Crippen LogP contribution in [0.3, 0.4) is 0 Å². The van der Waals surface area contributed by atoms with Crippen LogP contribution in [0.4, 0.5) is 5.69 Å². The Morgan fingerprint density at radius 2 is 2.00 bits per heavy atom. The molecule has 21 heavy (non-hydrogen) atoms. The molecule has 1 N–H and O–H groups in total. The number of amides is 1. The topological polar surface area (TPSA) is 52.9 Å². The zero-order chi connectivity index (χ0) is 15.4. The maximum atomic E-state index is 12.2. The third kappa shape index (κ3) is 3.80. The van der Waals surface area contributed by atoms with Crippen molar-refractivity contribution in [2.75, 3.05) is 5.32 Å². The lowest BCUT2D eigenvalue weighted by Crippen LogP contribution is -2.14. The Bertz CT molecular complexity index is 750.